The minimum atomic E-state index is -0.169. The number of carbonyl (C=O) groups is 3. The van der Waals surface area contributed by atoms with Crippen LogP contribution < -0.4 is 5.32 Å². The van der Waals surface area contributed by atoms with E-state index in [1.807, 2.05) is 18.2 Å². The van der Waals surface area contributed by atoms with Crippen molar-refractivity contribution in [3.05, 3.63) is 71.3 Å². The van der Waals surface area contributed by atoms with Crippen molar-refractivity contribution in [3.63, 3.8) is 0 Å². The van der Waals surface area contributed by atoms with Crippen molar-refractivity contribution < 1.29 is 19.1 Å². The van der Waals surface area contributed by atoms with Crippen LogP contribution in [0.3, 0.4) is 0 Å². The summed E-state index contributed by atoms with van der Waals surface area (Å²) >= 11 is 0. The van der Waals surface area contributed by atoms with E-state index in [2.05, 4.69) is 5.32 Å². The van der Waals surface area contributed by atoms with E-state index in [0.717, 1.165) is 5.56 Å². The van der Waals surface area contributed by atoms with Crippen molar-refractivity contribution >= 4 is 17.6 Å². The molecule has 1 heterocycles. The van der Waals surface area contributed by atoms with E-state index in [1.54, 1.807) is 41.3 Å². The van der Waals surface area contributed by atoms with Crippen LogP contribution in [0, 0.1) is 0 Å². The lowest BCUT2D eigenvalue weighted by atomic mass is 10.1. The molecule has 0 radical (unpaired) electrons. The molecular formula is C22H24N2O4. The topological polar surface area (TPSA) is 75.7 Å². The fourth-order valence-electron chi connectivity index (χ4n) is 3.00. The number of Topliss-reactive ketones (excluding diaryl/α,β-unsaturated/α-hetero) is 1. The number of nitrogens with one attached hydrogen (secondary N) is 1. The summed E-state index contributed by atoms with van der Waals surface area (Å²) in [6.45, 7) is 2.73. The molecule has 0 atom stereocenters. The highest BCUT2D eigenvalue weighted by molar-refractivity contribution is 5.98. The second-order valence-corrected chi connectivity index (χ2v) is 6.67. The number of morpholine rings is 1. The highest BCUT2D eigenvalue weighted by atomic mass is 16.5. The zero-order valence-electron chi connectivity index (χ0n) is 15.7. The standard InChI is InChI=1S/C22H24N2O4/c25-20(18-4-2-1-3-5-18)10-11-21(26)23-16-17-6-8-19(9-7-17)22(27)24-12-14-28-15-13-24/h1-9H,10-16H2,(H,23,26). The summed E-state index contributed by atoms with van der Waals surface area (Å²) in [5.41, 5.74) is 2.16. The van der Waals surface area contributed by atoms with Gasteiger partial charge in [-0.1, -0.05) is 42.5 Å². The van der Waals surface area contributed by atoms with Gasteiger partial charge in [-0.05, 0) is 17.7 Å². The lowest BCUT2D eigenvalue weighted by Gasteiger charge is -2.26. The molecule has 0 aromatic heterocycles. The van der Waals surface area contributed by atoms with Gasteiger partial charge in [0.25, 0.3) is 5.91 Å². The van der Waals surface area contributed by atoms with Gasteiger partial charge in [-0.25, -0.2) is 0 Å². The third-order valence-electron chi connectivity index (χ3n) is 4.66. The van der Waals surface area contributed by atoms with Crippen LogP contribution in [-0.4, -0.2) is 48.8 Å². The molecule has 1 N–H and O–H groups in total. The molecule has 2 amide bonds. The summed E-state index contributed by atoms with van der Waals surface area (Å²) in [7, 11) is 0. The number of nitrogens with zero attached hydrogens (tertiary/aromatic N) is 1. The first-order valence-corrected chi connectivity index (χ1v) is 9.44. The van der Waals surface area contributed by atoms with Gasteiger partial charge in [0.1, 0.15) is 0 Å². The van der Waals surface area contributed by atoms with Gasteiger partial charge in [-0.3, -0.25) is 14.4 Å². The van der Waals surface area contributed by atoms with Crippen LogP contribution in [-0.2, 0) is 16.1 Å². The Labute approximate surface area is 164 Å². The van der Waals surface area contributed by atoms with Crippen molar-refractivity contribution in [2.24, 2.45) is 0 Å². The number of rotatable bonds is 7. The molecule has 6 nitrogen and oxygen atoms in total. The van der Waals surface area contributed by atoms with Crippen LogP contribution in [0.25, 0.3) is 0 Å². The van der Waals surface area contributed by atoms with Crippen LogP contribution in [0.4, 0.5) is 0 Å². The number of benzene rings is 2. The zero-order chi connectivity index (χ0) is 19.8. The fourth-order valence-corrected chi connectivity index (χ4v) is 3.00. The molecule has 2 aromatic carbocycles. The molecule has 3 rings (SSSR count). The van der Waals surface area contributed by atoms with Gasteiger partial charge in [0.05, 0.1) is 13.2 Å². The van der Waals surface area contributed by atoms with Gasteiger partial charge in [-0.15, -0.1) is 0 Å². The zero-order valence-corrected chi connectivity index (χ0v) is 15.7. The number of carbonyl (C=O) groups excluding carboxylic acids is 3. The van der Waals surface area contributed by atoms with Crippen LogP contribution in [0.2, 0.25) is 0 Å². The van der Waals surface area contributed by atoms with E-state index in [9.17, 15) is 14.4 Å². The highest BCUT2D eigenvalue weighted by Gasteiger charge is 2.18. The molecule has 0 saturated carbocycles. The largest absolute Gasteiger partial charge is 0.378 e. The number of hydrogen-bond donors (Lipinski definition) is 1. The maximum Gasteiger partial charge on any atom is 0.254 e. The van der Waals surface area contributed by atoms with E-state index in [-0.39, 0.29) is 30.4 Å². The summed E-state index contributed by atoms with van der Waals surface area (Å²) in [6, 6.07) is 16.2. The van der Waals surface area contributed by atoms with E-state index in [4.69, 9.17) is 4.74 Å². The molecule has 1 saturated heterocycles. The summed E-state index contributed by atoms with van der Waals surface area (Å²) < 4.78 is 5.26. The Balaban J connectivity index is 1.43. The average molecular weight is 380 g/mol. The Bertz CT molecular complexity index is 812. The quantitative estimate of drug-likeness (QED) is 0.749. The van der Waals surface area contributed by atoms with E-state index in [0.29, 0.717) is 44.0 Å². The molecule has 0 bridgehead atoms. The van der Waals surface area contributed by atoms with Crippen LogP contribution in [0.5, 0.6) is 0 Å². The molecule has 1 aliphatic rings. The Morgan fingerprint density at radius 1 is 0.857 bits per heavy atom. The molecule has 28 heavy (non-hydrogen) atoms. The third-order valence-corrected chi connectivity index (χ3v) is 4.66. The summed E-state index contributed by atoms with van der Waals surface area (Å²) in [4.78, 5) is 38.2. The SMILES string of the molecule is O=C(CCC(=O)c1ccccc1)NCc1ccc(C(=O)N2CCOCC2)cc1. The van der Waals surface area contributed by atoms with E-state index >= 15 is 0 Å². The minimum absolute atomic E-state index is 0.00156. The highest BCUT2D eigenvalue weighted by Crippen LogP contribution is 2.10. The van der Waals surface area contributed by atoms with Gasteiger partial charge in [0.15, 0.2) is 5.78 Å². The molecule has 2 aromatic rings. The average Bonchev–Trinajstić information content (AvgIpc) is 2.77. The lowest BCUT2D eigenvalue weighted by molar-refractivity contribution is -0.121. The maximum atomic E-state index is 12.4. The Morgan fingerprint density at radius 2 is 1.54 bits per heavy atom. The Morgan fingerprint density at radius 3 is 2.21 bits per heavy atom. The first-order valence-electron chi connectivity index (χ1n) is 9.44. The molecule has 0 aliphatic carbocycles. The molecule has 0 spiro atoms. The van der Waals surface area contributed by atoms with Gasteiger partial charge < -0.3 is 15.0 Å². The normalized spacial score (nSPS) is 13.8. The second kappa shape index (κ2) is 9.80. The third kappa shape index (κ3) is 5.50. The smallest absolute Gasteiger partial charge is 0.254 e. The Hall–Kier alpha value is -2.99. The van der Waals surface area contributed by atoms with Crippen molar-refractivity contribution in [2.45, 2.75) is 19.4 Å². The van der Waals surface area contributed by atoms with Gasteiger partial charge in [-0.2, -0.15) is 0 Å². The van der Waals surface area contributed by atoms with Crippen molar-refractivity contribution in [1.29, 1.82) is 0 Å². The number of amides is 2. The lowest BCUT2D eigenvalue weighted by Crippen LogP contribution is -2.40. The van der Waals surface area contributed by atoms with E-state index < -0.39 is 0 Å². The molecular weight excluding hydrogens is 356 g/mol. The van der Waals surface area contributed by atoms with Crippen LogP contribution in [0.1, 0.15) is 39.1 Å². The van der Waals surface area contributed by atoms with Gasteiger partial charge in [0, 0.05) is 43.6 Å². The fraction of sp³-hybridized carbons (Fsp3) is 0.318. The first kappa shape index (κ1) is 19.8. The predicted octanol–water partition coefficient (Wildman–Crippen LogP) is 2.44. The van der Waals surface area contributed by atoms with Crippen LogP contribution in [0.15, 0.2) is 54.6 Å². The summed E-state index contributed by atoms with van der Waals surface area (Å²) in [5, 5.41) is 2.81. The van der Waals surface area contributed by atoms with Gasteiger partial charge in [0.2, 0.25) is 5.91 Å². The van der Waals surface area contributed by atoms with Crippen molar-refractivity contribution in [2.75, 3.05) is 26.3 Å². The molecule has 1 aliphatic heterocycles. The number of hydrogen-bond acceptors (Lipinski definition) is 4. The van der Waals surface area contributed by atoms with Crippen molar-refractivity contribution in [3.8, 4) is 0 Å². The van der Waals surface area contributed by atoms with Gasteiger partial charge >= 0.3 is 0 Å². The minimum Gasteiger partial charge on any atom is -0.378 e. The second-order valence-electron chi connectivity index (χ2n) is 6.67. The maximum absolute atomic E-state index is 12.4. The Kier molecular flexibility index (Phi) is 6.92. The number of ketones is 1. The van der Waals surface area contributed by atoms with E-state index in [1.165, 1.54) is 0 Å². The molecule has 6 heteroatoms. The molecule has 0 unspecified atom stereocenters. The first-order chi connectivity index (χ1) is 13.6. The summed E-state index contributed by atoms with van der Waals surface area (Å²) in [5.74, 6) is -0.210. The summed E-state index contributed by atoms with van der Waals surface area (Å²) in [6.07, 6.45) is 0.337. The predicted molar refractivity (Wildman–Crippen MR) is 105 cm³/mol. The number of ether oxygens (including phenoxy) is 1. The van der Waals surface area contributed by atoms with Crippen molar-refractivity contribution in [1.82, 2.24) is 10.2 Å². The molecule has 1 fully saturated rings. The van der Waals surface area contributed by atoms with Crippen LogP contribution >= 0.6 is 0 Å². The monoisotopic (exact) mass is 380 g/mol. The molecule has 146 valence electrons.